The molecule has 2 fully saturated rings. The van der Waals surface area contributed by atoms with Gasteiger partial charge in [-0.25, -0.2) is 8.78 Å². The van der Waals surface area contributed by atoms with Crippen molar-refractivity contribution in [2.45, 2.75) is 12.8 Å². The van der Waals surface area contributed by atoms with Crippen molar-refractivity contribution in [1.29, 1.82) is 0 Å². The van der Waals surface area contributed by atoms with Gasteiger partial charge in [-0.05, 0) is 42.0 Å². The summed E-state index contributed by atoms with van der Waals surface area (Å²) in [5, 5.41) is 0. The topological polar surface area (TPSA) is 23.6 Å². The van der Waals surface area contributed by atoms with E-state index in [-0.39, 0.29) is 5.69 Å². The smallest absolute Gasteiger partial charge is 0.150 e. The minimum atomic E-state index is -0.573. The molecule has 0 N–H and O–H groups in total. The Bertz CT molecular complexity index is 788. The monoisotopic (exact) mass is 356 g/mol. The zero-order valence-electron chi connectivity index (χ0n) is 14.6. The van der Waals surface area contributed by atoms with Gasteiger partial charge in [-0.1, -0.05) is 24.3 Å². The molecule has 1 saturated heterocycles. The van der Waals surface area contributed by atoms with Gasteiger partial charge in [-0.2, -0.15) is 0 Å². The summed E-state index contributed by atoms with van der Waals surface area (Å²) in [6.45, 7) is 4.05. The van der Waals surface area contributed by atoms with Gasteiger partial charge in [0.05, 0.1) is 0 Å². The number of carbonyl (C=O) groups excluding carboxylic acids is 1. The molecule has 5 heteroatoms. The van der Waals surface area contributed by atoms with Gasteiger partial charge in [0.15, 0.2) is 6.29 Å². The van der Waals surface area contributed by atoms with E-state index >= 15 is 0 Å². The van der Waals surface area contributed by atoms with Gasteiger partial charge in [0.25, 0.3) is 0 Å². The van der Waals surface area contributed by atoms with Gasteiger partial charge in [0, 0.05) is 38.3 Å². The van der Waals surface area contributed by atoms with E-state index in [1.807, 2.05) is 0 Å². The van der Waals surface area contributed by atoms with Crippen molar-refractivity contribution in [2.75, 3.05) is 37.6 Å². The molecule has 1 saturated carbocycles. The SMILES string of the molecule is O=Cc1ccccc1-c1cc(F)c(N2CCN(CC3CC3)CC2)c(F)c1. The lowest BCUT2D eigenvalue weighted by molar-refractivity contribution is 0.112. The molecule has 4 rings (SSSR count). The van der Waals surface area contributed by atoms with E-state index in [2.05, 4.69) is 4.90 Å². The Hall–Kier alpha value is -2.27. The molecule has 0 bridgehead atoms. The highest BCUT2D eigenvalue weighted by Crippen LogP contribution is 2.33. The van der Waals surface area contributed by atoms with Crippen molar-refractivity contribution in [1.82, 2.24) is 4.90 Å². The second-order valence-corrected chi connectivity index (χ2v) is 7.22. The first-order valence-electron chi connectivity index (χ1n) is 9.16. The van der Waals surface area contributed by atoms with Crippen molar-refractivity contribution in [3.05, 3.63) is 53.6 Å². The predicted octanol–water partition coefficient (Wildman–Crippen LogP) is 3.98. The number of carbonyl (C=O) groups is 1. The van der Waals surface area contributed by atoms with Crippen molar-refractivity contribution >= 4 is 12.0 Å². The first-order valence-corrected chi connectivity index (χ1v) is 9.16. The number of benzene rings is 2. The van der Waals surface area contributed by atoms with Crippen LogP contribution in [-0.4, -0.2) is 43.9 Å². The minimum Gasteiger partial charge on any atom is -0.364 e. The molecule has 1 aliphatic carbocycles. The normalized spacial score (nSPS) is 18.2. The average Bonchev–Trinajstić information content (AvgIpc) is 3.46. The Morgan fingerprint density at radius 3 is 2.27 bits per heavy atom. The van der Waals surface area contributed by atoms with Gasteiger partial charge < -0.3 is 4.90 Å². The lowest BCUT2D eigenvalue weighted by atomic mass is 9.99. The summed E-state index contributed by atoms with van der Waals surface area (Å²) in [6.07, 6.45) is 3.33. The van der Waals surface area contributed by atoms with Gasteiger partial charge in [-0.15, -0.1) is 0 Å². The van der Waals surface area contributed by atoms with E-state index in [1.54, 1.807) is 29.2 Å². The van der Waals surface area contributed by atoms with Crippen molar-refractivity contribution in [3.8, 4) is 11.1 Å². The summed E-state index contributed by atoms with van der Waals surface area (Å²) >= 11 is 0. The maximum absolute atomic E-state index is 14.8. The largest absolute Gasteiger partial charge is 0.364 e. The third-order valence-corrected chi connectivity index (χ3v) is 5.32. The summed E-state index contributed by atoms with van der Waals surface area (Å²) in [6, 6.07) is 9.49. The lowest BCUT2D eigenvalue weighted by Crippen LogP contribution is -2.47. The second kappa shape index (κ2) is 7.16. The van der Waals surface area contributed by atoms with E-state index in [4.69, 9.17) is 0 Å². The number of rotatable bonds is 5. The van der Waals surface area contributed by atoms with Crippen LogP contribution in [0.2, 0.25) is 0 Å². The predicted molar refractivity (Wildman–Crippen MR) is 98.6 cm³/mol. The molecular weight excluding hydrogens is 334 g/mol. The highest BCUT2D eigenvalue weighted by atomic mass is 19.1. The second-order valence-electron chi connectivity index (χ2n) is 7.22. The first kappa shape index (κ1) is 17.2. The minimum absolute atomic E-state index is 0.0448. The fourth-order valence-corrected chi connectivity index (χ4v) is 3.71. The molecular formula is C21H22F2N2O. The number of piperazine rings is 1. The maximum Gasteiger partial charge on any atom is 0.150 e. The van der Waals surface area contributed by atoms with Gasteiger partial charge in [0.1, 0.15) is 17.3 Å². The van der Waals surface area contributed by atoms with Crippen LogP contribution < -0.4 is 4.90 Å². The fraction of sp³-hybridized carbons (Fsp3) is 0.381. The van der Waals surface area contributed by atoms with E-state index < -0.39 is 11.6 Å². The van der Waals surface area contributed by atoms with Crippen LogP contribution in [0.5, 0.6) is 0 Å². The Balaban J connectivity index is 1.55. The Morgan fingerprint density at radius 2 is 1.65 bits per heavy atom. The van der Waals surface area contributed by atoms with Crippen LogP contribution in [0.1, 0.15) is 23.2 Å². The Kier molecular flexibility index (Phi) is 4.72. The van der Waals surface area contributed by atoms with Crippen molar-refractivity contribution < 1.29 is 13.6 Å². The van der Waals surface area contributed by atoms with Gasteiger partial charge >= 0.3 is 0 Å². The molecule has 1 aliphatic heterocycles. The van der Waals surface area contributed by atoms with E-state index in [1.165, 1.54) is 25.0 Å². The van der Waals surface area contributed by atoms with Crippen LogP contribution in [0.3, 0.4) is 0 Å². The third-order valence-electron chi connectivity index (χ3n) is 5.32. The standard InChI is InChI=1S/C21H22F2N2O/c22-19-11-17(18-4-2-1-3-16(18)14-26)12-20(23)21(19)25-9-7-24(8-10-25)13-15-5-6-15/h1-4,11-12,14-15H,5-10,13H2. The van der Waals surface area contributed by atoms with Crippen LogP contribution in [0.25, 0.3) is 11.1 Å². The van der Waals surface area contributed by atoms with E-state index in [9.17, 15) is 13.6 Å². The number of nitrogens with zero attached hydrogens (tertiary/aromatic N) is 2. The molecule has 0 radical (unpaired) electrons. The molecule has 136 valence electrons. The summed E-state index contributed by atoms with van der Waals surface area (Å²) in [5.41, 5.74) is 1.40. The number of hydrogen-bond donors (Lipinski definition) is 0. The molecule has 0 spiro atoms. The molecule has 0 aromatic heterocycles. The number of hydrogen-bond acceptors (Lipinski definition) is 3. The Labute approximate surface area is 152 Å². The summed E-state index contributed by atoms with van der Waals surface area (Å²) in [4.78, 5) is 15.4. The summed E-state index contributed by atoms with van der Waals surface area (Å²) in [5.74, 6) is -0.320. The molecule has 26 heavy (non-hydrogen) atoms. The zero-order valence-corrected chi connectivity index (χ0v) is 14.6. The summed E-state index contributed by atoms with van der Waals surface area (Å²) < 4.78 is 29.5. The highest BCUT2D eigenvalue weighted by Gasteiger charge is 2.28. The fourth-order valence-electron chi connectivity index (χ4n) is 3.71. The zero-order chi connectivity index (χ0) is 18.1. The van der Waals surface area contributed by atoms with Gasteiger partial charge in [-0.3, -0.25) is 9.69 Å². The first-order chi connectivity index (χ1) is 12.7. The average molecular weight is 356 g/mol. The third kappa shape index (κ3) is 3.49. The maximum atomic E-state index is 14.8. The molecule has 0 atom stereocenters. The van der Waals surface area contributed by atoms with Crippen LogP contribution in [-0.2, 0) is 0 Å². The Morgan fingerprint density at radius 1 is 1.00 bits per heavy atom. The molecule has 0 amide bonds. The van der Waals surface area contributed by atoms with Crippen LogP contribution >= 0.6 is 0 Å². The van der Waals surface area contributed by atoms with Crippen LogP contribution in [0.4, 0.5) is 14.5 Å². The number of aldehydes is 1. The summed E-state index contributed by atoms with van der Waals surface area (Å²) in [7, 11) is 0. The van der Waals surface area contributed by atoms with E-state index in [0.29, 0.717) is 36.1 Å². The molecule has 2 aromatic rings. The molecule has 2 aromatic carbocycles. The molecule has 2 aliphatic rings. The van der Waals surface area contributed by atoms with Crippen molar-refractivity contribution in [3.63, 3.8) is 0 Å². The number of anilines is 1. The van der Waals surface area contributed by atoms with Crippen molar-refractivity contribution in [2.24, 2.45) is 5.92 Å². The molecule has 3 nitrogen and oxygen atoms in total. The lowest BCUT2D eigenvalue weighted by Gasteiger charge is -2.36. The van der Waals surface area contributed by atoms with Crippen LogP contribution in [0.15, 0.2) is 36.4 Å². The highest BCUT2D eigenvalue weighted by molar-refractivity contribution is 5.87. The molecule has 1 heterocycles. The quantitative estimate of drug-likeness (QED) is 0.757. The van der Waals surface area contributed by atoms with Gasteiger partial charge in [0.2, 0.25) is 0 Å². The van der Waals surface area contributed by atoms with Crippen LogP contribution in [0, 0.1) is 17.6 Å². The molecule has 0 unspecified atom stereocenters. The van der Waals surface area contributed by atoms with E-state index in [0.717, 1.165) is 25.6 Å². The number of halogens is 2.